The van der Waals surface area contributed by atoms with E-state index in [0.717, 1.165) is 29.3 Å². The van der Waals surface area contributed by atoms with Gasteiger partial charge in [0, 0.05) is 56.1 Å². The van der Waals surface area contributed by atoms with E-state index in [1.807, 2.05) is 51.9 Å². The van der Waals surface area contributed by atoms with Gasteiger partial charge >= 0.3 is 6.09 Å². The number of aromatic nitrogens is 1. The van der Waals surface area contributed by atoms with Gasteiger partial charge in [0.2, 0.25) is 0 Å². The second kappa shape index (κ2) is 7.15. The lowest BCUT2D eigenvalue weighted by atomic mass is 9.90. The van der Waals surface area contributed by atoms with Crippen molar-refractivity contribution in [2.45, 2.75) is 51.2 Å². The molecule has 0 saturated carbocycles. The lowest BCUT2D eigenvalue weighted by molar-refractivity contribution is 0.00312. The number of hydrogen-bond acceptors (Lipinski definition) is 3. The zero-order valence-corrected chi connectivity index (χ0v) is 17.0. The summed E-state index contributed by atoms with van der Waals surface area (Å²) < 4.78 is 7.82. The first-order chi connectivity index (χ1) is 13.4. The third-order valence-corrected chi connectivity index (χ3v) is 6.32. The molecule has 150 valence electrons. The third-order valence-electron chi connectivity index (χ3n) is 6.32. The molecule has 2 aliphatic rings. The molecule has 1 spiro atoms. The maximum absolute atomic E-state index is 13.1. The second-order valence-electron chi connectivity index (χ2n) is 8.28. The average molecular weight is 383 g/mol. The number of para-hydroxylation sites is 1. The number of fused-ring (bicyclic) bond motifs is 1. The minimum atomic E-state index is -0.436. The molecular weight excluding hydrogens is 354 g/mol. The number of benzene rings is 1. The average Bonchev–Trinajstić information content (AvgIpc) is 3.20. The predicted molar refractivity (Wildman–Crippen MR) is 108 cm³/mol. The quantitative estimate of drug-likeness (QED) is 0.807. The van der Waals surface area contributed by atoms with Crippen molar-refractivity contribution >= 4 is 22.9 Å². The Hall–Kier alpha value is -2.50. The number of aryl methyl sites for hydroxylation is 1. The minimum Gasteiger partial charge on any atom is -0.441 e. The van der Waals surface area contributed by atoms with Gasteiger partial charge in [0.25, 0.3) is 5.91 Å². The summed E-state index contributed by atoms with van der Waals surface area (Å²) in [6, 6.07) is 8.18. The van der Waals surface area contributed by atoms with Gasteiger partial charge in [0.15, 0.2) is 0 Å². The topological polar surface area (TPSA) is 54.8 Å². The number of nitrogens with zero attached hydrogens (tertiary/aromatic N) is 3. The van der Waals surface area contributed by atoms with Crippen LogP contribution in [0, 0.1) is 0 Å². The number of carbonyl (C=O) groups excluding carboxylic acids is 2. The van der Waals surface area contributed by atoms with E-state index in [1.165, 1.54) is 0 Å². The highest BCUT2D eigenvalue weighted by Gasteiger charge is 2.48. The standard InChI is InChI=1S/C22H29N3O3/c1-4-7-16(2)25-15-22(28-21(25)27)10-12-24(13-11-22)20(26)18-14-23(3)19-9-6-5-8-17(18)19/h5-6,8-9,14,16H,4,7,10-13,15H2,1-3H3. The Balaban J connectivity index is 1.46. The molecule has 1 aromatic carbocycles. The van der Waals surface area contributed by atoms with Gasteiger partial charge in [0.05, 0.1) is 12.1 Å². The first-order valence-electron chi connectivity index (χ1n) is 10.3. The number of hydrogen-bond donors (Lipinski definition) is 0. The van der Waals surface area contributed by atoms with Crippen molar-refractivity contribution in [2.24, 2.45) is 7.05 Å². The maximum atomic E-state index is 13.1. The molecule has 6 heteroatoms. The van der Waals surface area contributed by atoms with Crippen LogP contribution in [0.4, 0.5) is 4.79 Å². The molecule has 2 aliphatic heterocycles. The van der Waals surface area contributed by atoms with Gasteiger partial charge in [0.1, 0.15) is 5.60 Å². The summed E-state index contributed by atoms with van der Waals surface area (Å²) in [4.78, 5) is 29.3. The van der Waals surface area contributed by atoms with Crippen LogP contribution in [-0.4, -0.2) is 57.6 Å². The Kier molecular flexibility index (Phi) is 4.81. The highest BCUT2D eigenvalue weighted by Crippen LogP contribution is 2.35. The van der Waals surface area contributed by atoms with Gasteiger partial charge in [-0.25, -0.2) is 4.79 Å². The molecular formula is C22H29N3O3. The summed E-state index contributed by atoms with van der Waals surface area (Å²) >= 11 is 0. The number of rotatable bonds is 4. The number of carbonyl (C=O) groups is 2. The maximum Gasteiger partial charge on any atom is 0.410 e. The van der Waals surface area contributed by atoms with Gasteiger partial charge in [-0.1, -0.05) is 31.5 Å². The molecule has 2 amide bonds. The van der Waals surface area contributed by atoms with E-state index < -0.39 is 5.60 Å². The van der Waals surface area contributed by atoms with Gasteiger partial charge < -0.3 is 19.1 Å². The highest BCUT2D eigenvalue weighted by atomic mass is 16.6. The van der Waals surface area contributed by atoms with Crippen LogP contribution in [0.15, 0.2) is 30.5 Å². The molecule has 3 heterocycles. The first kappa shape index (κ1) is 18.8. The third kappa shape index (κ3) is 3.15. The molecule has 2 aromatic rings. The van der Waals surface area contributed by atoms with Crippen molar-refractivity contribution in [1.29, 1.82) is 0 Å². The van der Waals surface area contributed by atoms with Crippen LogP contribution in [0.3, 0.4) is 0 Å². The van der Waals surface area contributed by atoms with Crippen LogP contribution < -0.4 is 0 Å². The molecule has 0 N–H and O–H groups in total. The van der Waals surface area contributed by atoms with Gasteiger partial charge in [-0.05, 0) is 19.4 Å². The van der Waals surface area contributed by atoms with Gasteiger partial charge in [-0.3, -0.25) is 4.79 Å². The second-order valence-corrected chi connectivity index (χ2v) is 8.28. The monoisotopic (exact) mass is 383 g/mol. The van der Waals surface area contributed by atoms with Crippen molar-refractivity contribution in [3.05, 3.63) is 36.0 Å². The summed E-state index contributed by atoms with van der Waals surface area (Å²) in [5.74, 6) is 0.0622. The highest BCUT2D eigenvalue weighted by molar-refractivity contribution is 6.07. The lowest BCUT2D eigenvalue weighted by Gasteiger charge is -2.37. The summed E-state index contributed by atoms with van der Waals surface area (Å²) in [5.41, 5.74) is 1.37. The van der Waals surface area contributed by atoms with Crippen LogP contribution in [0.25, 0.3) is 10.9 Å². The normalized spacial score (nSPS) is 20.0. The van der Waals surface area contributed by atoms with Crippen molar-refractivity contribution in [3.8, 4) is 0 Å². The number of piperidine rings is 1. The smallest absolute Gasteiger partial charge is 0.410 e. The zero-order valence-electron chi connectivity index (χ0n) is 17.0. The SMILES string of the molecule is CCCC(C)N1CC2(CCN(C(=O)c3cn(C)c4ccccc34)CC2)OC1=O. The van der Waals surface area contributed by atoms with Crippen LogP contribution in [-0.2, 0) is 11.8 Å². The van der Waals surface area contributed by atoms with Gasteiger partial charge in [-0.2, -0.15) is 0 Å². The Bertz CT molecular complexity index is 896. The van der Waals surface area contributed by atoms with E-state index in [2.05, 4.69) is 13.8 Å². The minimum absolute atomic E-state index is 0.0622. The molecule has 0 bridgehead atoms. The van der Waals surface area contributed by atoms with E-state index in [1.54, 1.807) is 0 Å². The number of likely N-dealkylation sites (tertiary alicyclic amines) is 1. The molecule has 2 saturated heterocycles. The fraction of sp³-hybridized carbons (Fsp3) is 0.545. The van der Waals surface area contributed by atoms with Crippen molar-refractivity contribution in [1.82, 2.24) is 14.4 Å². The Labute approximate surface area is 166 Å². The van der Waals surface area contributed by atoms with Crippen LogP contribution in [0.2, 0.25) is 0 Å². The zero-order chi connectivity index (χ0) is 19.9. The molecule has 0 aliphatic carbocycles. The Morgan fingerprint density at radius 3 is 2.68 bits per heavy atom. The van der Waals surface area contributed by atoms with Crippen LogP contribution in [0.1, 0.15) is 49.9 Å². The molecule has 4 rings (SSSR count). The van der Waals surface area contributed by atoms with Gasteiger partial charge in [-0.15, -0.1) is 0 Å². The summed E-state index contributed by atoms with van der Waals surface area (Å²) in [7, 11) is 1.97. The van der Waals surface area contributed by atoms with Crippen molar-refractivity contribution < 1.29 is 14.3 Å². The van der Waals surface area contributed by atoms with E-state index in [9.17, 15) is 9.59 Å². The van der Waals surface area contributed by atoms with E-state index in [0.29, 0.717) is 32.5 Å². The molecule has 1 atom stereocenters. The summed E-state index contributed by atoms with van der Waals surface area (Å²) in [6.07, 6.45) is 5.15. The summed E-state index contributed by atoms with van der Waals surface area (Å²) in [5, 5.41) is 0.988. The molecule has 6 nitrogen and oxygen atoms in total. The van der Waals surface area contributed by atoms with E-state index in [-0.39, 0.29) is 18.0 Å². The fourth-order valence-corrected chi connectivity index (χ4v) is 4.62. The largest absolute Gasteiger partial charge is 0.441 e. The Morgan fingerprint density at radius 1 is 1.25 bits per heavy atom. The van der Waals surface area contributed by atoms with Crippen molar-refractivity contribution in [2.75, 3.05) is 19.6 Å². The molecule has 1 unspecified atom stereocenters. The number of ether oxygens (including phenoxy) is 1. The van der Waals surface area contributed by atoms with E-state index in [4.69, 9.17) is 4.74 Å². The summed E-state index contributed by atoms with van der Waals surface area (Å²) in [6.45, 7) is 6.09. The van der Waals surface area contributed by atoms with Crippen LogP contribution in [0.5, 0.6) is 0 Å². The molecule has 2 fully saturated rings. The first-order valence-corrected chi connectivity index (χ1v) is 10.3. The van der Waals surface area contributed by atoms with Crippen molar-refractivity contribution in [3.63, 3.8) is 0 Å². The molecule has 1 aromatic heterocycles. The molecule has 28 heavy (non-hydrogen) atoms. The molecule has 0 radical (unpaired) electrons. The van der Waals surface area contributed by atoms with E-state index >= 15 is 0 Å². The fourth-order valence-electron chi connectivity index (χ4n) is 4.62. The lowest BCUT2D eigenvalue weighted by Crippen LogP contribution is -2.49. The Morgan fingerprint density at radius 2 is 1.96 bits per heavy atom. The van der Waals surface area contributed by atoms with Crippen LogP contribution >= 0.6 is 0 Å². The predicted octanol–water partition coefficient (Wildman–Crippen LogP) is 3.79. The number of amides is 2.